The number of benzene rings is 1. The number of rotatable bonds is 4. The van der Waals surface area contributed by atoms with Crippen LogP contribution in [0.5, 0.6) is 0 Å². The lowest BCUT2D eigenvalue weighted by Gasteiger charge is -2.37. The van der Waals surface area contributed by atoms with Crippen LogP contribution in [0.2, 0.25) is 0 Å². The van der Waals surface area contributed by atoms with Crippen molar-refractivity contribution in [2.24, 2.45) is 0 Å². The molecule has 2 rings (SSSR count). The molecule has 1 aliphatic heterocycles. The first-order chi connectivity index (χ1) is 9.65. The quantitative estimate of drug-likeness (QED) is 0.920. The summed E-state index contributed by atoms with van der Waals surface area (Å²) in [5, 5.41) is 9.20. The molecular weight excluding hydrogens is 274 g/mol. The maximum Gasteiger partial charge on any atom is 0.254 e. The van der Waals surface area contributed by atoms with E-state index in [2.05, 4.69) is 0 Å². The van der Waals surface area contributed by atoms with Gasteiger partial charge in [-0.05, 0) is 30.9 Å². The van der Waals surface area contributed by atoms with Gasteiger partial charge in [0.15, 0.2) is 0 Å². The summed E-state index contributed by atoms with van der Waals surface area (Å²) in [6, 6.07) is 7.80. The van der Waals surface area contributed by atoms with Gasteiger partial charge in [-0.1, -0.05) is 12.1 Å². The fourth-order valence-corrected chi connectivity index (χ4v) is 2.85. The summed E-state index contributed by atoms with van der Waals surface area (Å²) in [7, 11) is 0. The van der Waals surface area contributed by atoms with Crippen molar-refractivity contribution in [3.8, 4) is 0 Å². The smallest absolute Gasteiger partial charge is 0.254 e. The van der Waals surface area contributed by atoms with Gasteiger partial charge in [-0.3, -0.25) is 4.79 Å². The topological polar surface area (TPSA) is 49.8 Å². The fraction of sp³-hybridized carbons (Fsp3) is 0.533. The summed E-state index contributed by atoms with van der Waals surface area (Å²) in [4.78, 5) is 14.4. The van der Waals surface area contributed by atoms with E-state index >= 15 is 0 Å². The molecule has 110 valence electrons. The van der Waals surface area contributed by atoms with Gasteiger partial charge in [0.05, 0.1) is 25.4 Å². The minimum absolute atomic E-state index is 0.0159. The summed E-state index contributed by atoms with van der Waals surface area (Å²) in [5.74, 6) is 0.918. The molecule has 0 saturated carbocycles. The van der Waals surface area contributed by atoms with Crippen LogP contribution in [0, 0.1) is 0 Å². The van der Waals surface area contributed by atoms with Gasteiger partial charge >= 0.3 is 0 Å². The number of aliphatic hydroxyl groups is 1. The second-order valence-corrected chi connectivity index (χ2v) is 5.94. The van der Waals surface area contributed by atoms with Gasteiger partial charge in [-0.25, -0.2) is 0 Å². The van der Waals surface area contributed by atoms with E-state index in [1.807, 2.05) is 37.4 Å². The van der Waals surface area contributed by atoms with Crippen LogP contribution in [0.4, 0.5) is 0 Å². The van der Waals surface area contributed by atoms with Crippen molar-refractivity contribution in [2.45, 2.75) is 24.8 Å². The number of hydrogen-bond acceptors (Lipinski definition) is 4. The van der Waals surface area contributed by atoms with Crippen LogP contribution in [0.15, 0.2) is 24.3 Å². The molecule has 1 N–H and O–H groups in total. The van der Waals surface area contributed by atoms with Crippen molar-refractivity contribution in [1.29, 1.82) is 0 Å². The van der Waals surface area contributed by atoms with Crippen LogP contribution in [0.1, 0.15) is 22.8 Å². The zero-order valence-electron chi connectivity index (χ0n) is 11.9. The lowest BCUT2D eigenvalue weighted by molar-refractivity contribution is -0.0667. The predicted octanol–water partition coefficient (Wildman–Crippen LogP) is 1.77. The summed E-state index contributed by atoms with van der Waals surface area (Å²) in [6.07, 6.45) is 1.77. The van der Waals surface area contributed by atoms with Crippen LogP contribution < -0.4 is 0 Å². The minimum Gasteiger partial charge on any atom is -0.394 e. The van der Waals surface area contributed by atoms with Crippen LogP contribution in [0.25, 0.3) is 0 Å². The Hall–Kier alpha value is -1.04. The average Bonchev–Trinajstić information content (AvgIpc) is 2.48. The Morgan fingerprint density at radius 2 is 2.35 bits per heavy atom. The van der Waals surface area contributed by atoms with Gasteiger partial charge < -0.3 is 14.7 Å². The first-order valence-corrected chi connectivity index (χ1v) is 8.16. The number of morpholine rings is 1. The zero-order chi connectivity index (χ0) is 14.5. The van der Waals surface area contributed by atoms with E-state index in [1.54, 1.807) is 16.7 Å². The third kappa shape index (κ3) is 3.53. The van der Waals surface area contributed by atoms with Gasteiger partial charge in [-0.15, -0.1) is 0 Å². The summed E-state index contributed by atoms with van der Waals surface area (Å²) >= 11 is 1.74. The number of carbonyl (C=O) groups excluding carboxylic acids is 1. The van der Waals surface area contributed by atoms with Crippen molar-refractivity contribution in [2.75, 3.05) is 26.0 Å². The standard InChI is InChI=1S/C15H21NO3S/c1-11-9-19-14(8-17)7-16(11)15(18)13-5-3-4-12(6-13)10-20-2/h3-6,11,14,17H,7-10H2,1-2H3. The SMILES string of the molecule is CSCc1cccc(C(=O)N2CC(CO)OCC2C)c1. The highest BCUT2D eigenvalue weighted by molar-refractivity contribution is 7.97. The molecule has 5 heteroatoms. The number of hydrogen-bond donors (Lipinski definition) is 1. The van der Waals surface area contributed by atoms with Gasteiger partial charge in [-0.2, -0.15) is 11.8 Å². The first kappa shape index (κ1) is 15.4. The lowest BCUT2D eigenvalue weighted by Crippen LogP contribution is -2.52. The third-order valence-corrected chi connectivity index (χ3v) is 4.08. The average molecular weight is 295 g/mol. The van der Waals surface area contributed by atoms with Crippen molar-refractivity contribution in [3.05, 3.63) is 35.4 Å². The largest absolute Gasteiger partial charge is 0.394 e. The van der Waals surface area contributed by atoms with Crippen LogP contribution >= 0.6 is 11.8 Å². The third-order valence-electron chi connectivity index (χ3n) is 3.45. The molecule has 1 amide bonds. The highest BCUT2D eigenvalue weighted by Crippen LogP contribution is 2.18. The molecular formula is C15H21NO3S. The molecule has 2 unspecified atom stereocenters. The molecule has 1 heterocycles. The molecule has 0 spiro atoms. The van der Waals surface area contributed by atoms with E-state index < -0.39 is 0 Å². The second-order valence-electron chi connectivity index (χ2n) is 5.08. The molecule has 1 aliphatic rings. The summed E-state index contributed by atoms with van der Waals surface area (Å²) in [5.41, 5.74) is 1.87. The number of ether oxygens (including phenoxy) is 1. The molecule has 0 aliphatic carbocycles. The van der Waals surface area contributed by atoms with Crippen LogP contribution in [-0.2, 0) is 10.5 Å². The Bertz CT molecular complexity index is 466. The second kappa shape index (κ2) is 7.11. The Morgan fingerprint density at radius 3 is 3.05 bits per heavy atom. The Kier molecular flexibility index (Phi) is 5.46. The molecule has 1 aromatic rings. The fourth-order valence-electron chi connectivity index (χ4n) is 2.34. The molecule has 0 radical (unpaired) electrons. The molecule has 2 atom stereocenters. The molecule has 4 nitrogen and oxygen atoms in total. The molecule has 20 heavy (non-hydrogen) atoms. The highest BCUT2D eigenvalue weighted by Gasteiger charge is 2.29. The van der Waals surface area contributed by atoms with E-state index in [4.69, 9.17) is 4.74 Å². The van der Waals surface area contributed by atoms with Crippen molar-refractivity contribution in [1.82, 2.24) is 4.90 Å². The number of amides is 1. The minimum atomic E-state index is -0.274. The maximum atomic E-state index is 12.6. The van der Waals surface area contributed by atoms with E-state index in [0.29, 0.717) is 18.7 Å². The highest BCUT2D eigenvalue weighted by atomic mass is 32.2. The summed E-state index contributed by atoms with van der Waals surface area (Å²) < 4.78 is 5.47. The van der Waals surface area contributed by atoms with Gasteiger partial charge in [0, 0.05) is 17.9 Å². The Morgan fingerprint density at radius 1 is 1.55 bits per heavy atom. The normalized spacial score (nSPS) is 22.9. The molecule has 1 fully saturated rings. The Labute approximate surface area is 124 Å². The Balaban J connectivity index is 2.14. The first-order valence-electron chi connectivity index (χ1n) is 6.77. The van der Waals surface area contributed by atoms with Crippen molar-refractivity contribution >= 4 is 17.7 Å². The van der Waals surface area contributed by atoms with Crippen molar-refractivity contribution in [3.63, 3.8) is 0 Å². The van der Waals surface area contributed by atoms with E-state index in [1.165, 1.54) is 0 Å². The van der Waals surface area contributed by atoms with E-state index in [9.17, 15) is 9.90 Å². The van der Waals surface area contributed by atoms with Gasteiger partial charge in [0.2, 0.25) is 0 Å². The molecule has 0 bridgehead atoms. The molecule has 0 aromatic heterocycles. The van der Waals surface area contributed by atoms with Crippen LogP contribution in [0.3, 0.4) is 0 Å². The molecule has 1 aromatic carbocycles. The molecule has 1 saturated heterocycles. The van der Waals surface area contributed by atoms with Gasteiger partial charge in [0.25, 0.3) is 5.91 Å². The van der Waals surface area contributed by atoms with E-state index in [-0.39, 0.29) is 24.7 Å². The lowest BCUT2D eigenvalue weighted by atomic mass is 10.1. The monoisotopic (exact) mass is 295 g/mol. The maximum absolute atomic E-state index is 12.6. The predicted molar refractivity (Wildman–Crippen MR) is 81.0 cm³/mol. The summed E-state index contributed by atoms with van der Waals surface area (Å²) in [6.45, 7) is 2.84. The number of thioether (sulfide) groups is 1. The number of carbonyl (C=O) groups is 1. The number of nitrogens with zero attached hydrogens (tertiary/aromatic N) is 1. The van der Waals surface area contributed by atoms with Crippen LogP contribution in [-0.4, -0.2) is 54.1 Å². The van der Waals surface area contributed by atoms with E-state index in [0.717, 1.165) is 11.3 Å². The van der Waals surface area contributed by atoms with Gasteiger partial charge in [0.1, 0.15) is 0 Å². The number of aliphatic hydroxyl groups excluding tert-OH is 1. The zero-order valence-corrected chi connectivity index (χ0v) is 12.7. The van der Waals surface area contributed by atoms with Crippen molar-refractivity contribution < 1.29 is 14.6 Å².